The highest BCUT2D eigenvalue weighted by Gasteiger charge is 2.23. The first-order chi connectivity index (χ1) is 17.8. The summed E-state index contributed by atoms with van der Waals surface area (Å²) < 4.78 is 13.5. The van der Waals surface area contributed by atoms with E-state index in [1.165, 1.54) is 12.1 Å². The van der Waals surface area contributed by atoms with E-state index in [-0.39, 0.29) is 30.3 Å². The van der Waals surface area contributed by atoms with E-state index in [1.807, 2.05) is 44.2 Å². The van der Waals surface area contributed by atoms with Gasteiger partial charge in [0.25, 0.3) is 11.8 Å². The summed E-state index contributed by atoms with van der Waals surface area (Å²) in [5.74, 6) is -1.04. The summed E-state index contributed by atoms with van der Waals surface area (Å²) >= 11 is 0. The lowest BCUT2D eigenvalue weighted by Crippen LogP contribution is -2.48. The topological polar surface area (TPSA) is 73.0 Å². The fraction of sp³-hybridized carbons (Fsp3) is 0.276. The average Bonchev–Trinajstić information content (AvgIpc) is 2.92. The zero-order chi connectivity index (χ0) is 26.4. The molecule has 0 unspecified atom stereocenters. The molecule has 7 nitrogen and oxygen atoms in total. The Labute approximate surface area is 216 Å². The highest BCUT2D eigenvalue weighted by atomic mass is 19.1. The Morgan fingerprint density at radius 3 is 2.14 bits per heavy atom. The van der Waals surface area contributed by atoms with Gasteiger partial charge in [0.1, 0.15) is 12.4 Å². The molecule has 0 aromatic heterocycles. The van der Waals surface area contributed by atoms with E-state index >= 15 is 0 Å². The van der Waals surface area contributed by atoms with Gasteiger partial charge in [-0.2, -0.15) is 0 Å². The van der Waals surface area contributed by atoms with Crippen molar-refractivity contribution >= 4 is 29.1 Å². The Morgan fingerprint density at radius 1 is 0.865 bits per heavy atom. The molecule has 0 radical (unpaired) electrons. The number of carbonyl (C=O) groups excluding carboxylic acids is 3. The fourth-order valence-electron chi connectivity index (χ4n) is 4.32. The molecule has 1 saturated heterocycles. The van der Waals surface area contributed by atoms with E-state index in [1.54, 1.807) is 46.2 Å². The van der Waals surface area contributed by atoms with Crippen LogP contribution in [-0.2, 0) is 4.79 Å². The predicted octanol–water partition coefficient (Wildman–Crippen LogP) is 4.28. The fourth-order valence-corrected chi connectivity index (χ4v) is 4.32. The number of halogens is 1. The van der Waals surface area contributed by atoms with Crippen LogP contribution in [0, 0.1) is 5.82 Å². The van der Waals surface area contributed by atoms with Gasteiger partial charge >= 0.3 is 0 Å². The minimum atomic E-state index is -0.420. The summed E-state index contributed by atoms with van der Waals surface area (Å²) in [5, 5.41) is 2.87. The maximum Gasteiger partial charge on any atom is 0.254 e. The molecular formula is C29H31FN4O3. The first-order valence-corrected chi connectivity index (χ1v) is 12.4. The Kier molecular flexibility index (Phi) is 8.18. The number of benzene rings is 3. The number of hydrogen-bond acceptors (Lipinski definition) is 4. The molecule has 1 heterocycles. The van der Waals surface area contributed by atoms with Gasteiger partial charge in [-0.25, -0.2) is 4.39 Å². The molecule has 0 aliphatic carbocycles. The molecule has 0 saturated carbocycles. The normalized spacial score (nSPS) is 13.4. The second kappa shape index (κ2) is 11.7. The van der Waals surface area contributed by atoms with Crippen molar-refractivity contribution in [3.05, 3.63) is 95.8 Å². The van der Waals surface area contributed by atoms with Crippen LogP contribution < -0.4 is 10.2 Å². The number of nitrogens with one attached hydrogen (secondary N) is 1. The van der Waals surface area contributed by atoms with Gasteiger partial charge in [0.2, 0.25) is 5.91 Å². The molecule has 192 valence electrons. The number of piperazine rings is 1. The van der Waals surface area contributed by atoms with Crippen LogP contribution in [0.25, 0.3) is 0 Å². The van der Waals surface area contributed by atoms with Crippen molar-refractivity contribution in [2.45, 2.75) is 19.9 Å². The molecule has 1 N–H and O–H groups in total. The summed E-state index contributed by atoms with van der Waals surface area (Å²) in [6.45, 7) is 6.09. The monoisotopic (exact) mass is 502 g/mol. The molecule has 0 spiro atoms. The molecular weight excluding hydrogens is 471 g/mol. The van der Waals surface area contributed by atoms with Crippen molar-refractivity contribution in [2.75, 3.05) is 42.9 Å². The second-order valence-electron chi connectivity index (χ2n) is 9.28. The van der Waals surface area contributed by atoms with Crippen LogP contribution in [0.3, 0.4) is 0 Å². The van der Waals surface area contributed by atoms with Crippen LogP contribution in [-0.4, -0.2) is 66.3 Å². The van der Waals surface area contributed by atoms with Crippen molar-refractivity contribution in [3.8, 4) is 0 Å². The molecule has 3 aromatic carbocycles. The molecule has 1 aliphatic heterocycles. The van der Waals surface area contributed by atoms with Crippen LogP contribution in [0.2, 0.25) is 0 Å². The maximum atomic E-state index is 13.5. The molecule has 3 aromatic rings. The van der Waals surface area contributed by atoms with Gasteiger partial charge in [-0.15, -0.1) is 0 Å². The Balaban J connectivity index is 1.30. The lowest BCUT2D eigenvalue weighted by molar-refractivity contribution is -0.117. The van der Waals surface area contributed by atoms with E-state index < -0.39 is 5.82 Å². The quantitative estimate of drug-likeness (QED) is 0.524. The van der Waals surface area contributed by atoms with Crippen LogP contribution >= 0.6 is 0 Å². The highest BCUT2D eigenvalue weighted by molar-refractivity contribution is 5.99. The number of rotatable bonds is 7. The van der Waals surface area contributed by atoms with Gasteiger partial charge < -0.3 is 20.0 Å². The standard InChI is InChI=1S/C29H31FN4O3/c1-21(2)34(29(37)22-7-4-3-5-8-22)20-27(35)31-25-11-13-26(14-12-25)32-15-17-33(18-16-32)28(36)23-9-6-10-24(30)19-23/h3-14,19,21H,15-18,20H2,1-2H3,(H,31,35). The zero-order valence-corrected chi connectivity index (χ0v) is 21.1. The van der Waals surface area contributed by atoms with Crippen LogP contribution in [0.1, 0.15) is 34.6 Å². The van der Waals surface area contributed by atoms with Gasteiger partial charge in [-0.05, 0) is 68.4 Å². The van der Waals surface area contributed by atoms with Crippen molar-refractivity contribution in [3.63, 3.8) is 0 Å². The molecule has 0 bridgehead atoms. The molecule has 1 fully saturated rings. The molecule has 0 atom stereocenters. The van der Waals surface area contributed by atoms with Gasteiger partial charge in [0.15, 0.2) is 0 Å². The first kappa shape index (κ1) is 25.9. The van der Waals surface area contributed by atoms with Crippen LogP contribution in [0.4, 0.5) is 15.8 Å². The molecule has 8 heteroatoms. The number of anilines is 2. The van der Waals surface area contributed by atoms with Gasteiger partial charge in [-0.1, -0.05) is 24.3 Å². The van der Waals surface area contributed by atoms with Crippen molar-refractivity contribution in [2.24, 2.45) is 0 Å². The Hall–Kier alpha value is -4.20. The SMILES string of the molecule is CC(C)N(CC(=O)Nc1ccc(N2CCN(C(=O)c3cccc(F)c3)CC2)cc1)C(=O)c1ccccc1. The molecule has 37 heavy (non-hydrogen) atoms. The third kappa shape index (κ3) is 6.52. The number of carbonyl (C=O) groups is 3. The van der Waals surface area contributed by atoms with Crippen LogP contribution in [0.5, 0.6) is 0 Å². The lowest BCUT2D eigenvalue weighted by Gasteiger charge is -2.36. The van der Waals surface area contributed by atoms with E-state index in [2.05, 4.69) is 10.2 Å². The third-order valence-electron chi connectivity index (χ3n) is 6.37. The third-order valence-corrected chi connectivity index (χ3v) is 6.37. The van der Waals surface area contributed by atoms with Gasteiger partial charge in [0, 0.05) is 54.7 Å². The van der Waals surface area contributed by atoms with Gasteiger partial charge in [-0.3, -0.25) is 14.4 Å². The Bertz CT molecular complexity index is 1240. The highest BCUT2D eigenvalue weighted by Crippen LogP contribution is 2.21. The summed E-state index contributed by atoms with van der Waals surface area (Å²) in [6.07, 6.45) is 0. The minimum absolute atomic E-state index is 0.0472. The van der Waals surface area contributed by atoms with Crippen molar-refractivity contribution in [1.29, 1.82) is 0 Å². The number of amides is 3. The molecule has 1 aliphatic rings. The van der Waals surface area contributed by atoms with E-state index in [0.717, 1.165) is 5.69 Å². The zero-order valence-electron chi connectivity index (χ0n) is 21.1. The summed E-state index contributed by atoms with van der Waals surface area (Å²) in [7, 11) is 0. The maximum absolute atomic E-state index is 13.5. The van der Waals surface area contributed by atoms with E-state index in [0.29, 0.717) is 43.0 Å². The summed E-state index contributed by atoms with van der Waals surface area (Å²) in [4.78, 5) is 43.7. The van der Waals surface area contributed by atoms with Crippen LogP contribution in [0.15, 0.2) is 78.9 Å². The summed E-state index contributed by atoms with van der Waals surface area (Å²) in [6, 6.07) is 22.1. The number of nitrogens with zero attached hydrogens (tertiary/aromatic N) is 3. The lowest BCUT2D eigenvalue weighted by atomic mass is 10.1. The van der Waals surface area contributed by atoms with Crippen molar-refractivity contribution < 1.29 is 18.8 Å². The average molecular weight is 503 g/mol. The minimum Gasteiger partial charge on any atom is -0.368 e. The largest absolute Gasteiger partial charge is 0.368 e. The second-order valence-corrected chi connectivity index (χ2v) is 9.28. The van der Waals surface area contributed by atoms with E-state index in [4.69, 9.17) is 0 Å². The van der Waals surface area contributed by atoms with Gasteiger partial charge in [0.05, 0.1) is 0 Å². The Morgan fingerprint density at radius 2 is 1.51 bits per heavy atom. The molecule has 4 rings (SSSR count). The molecule has 3 amide bonds. The summed E-state index contributed by atoms with van der Waals surface area (Å²) in [5.41, 5.74) is 2.53. The first-order valence-electron chi connectivity index (χ1n) is 12.4. The van der Waals surface area contributed by atoms with E-state index in [9.17, 15) is 18.8 Å². The van der Waals surface area contributed by atoms with Crippen molar-refractivity contribution in [1.82, 2.24) is 9.80 Å². The smallest absolute Gasteiger partial charge is 0.254 e. The predicted molar refractivity (Wildman–Crippen MR) is 142 cm³/mol. The number of hydrogen-bond donors (Lipinski definition) is 1.